The van der Waals surface area contributed by atoms with Crippen LogP contribution >= 0.6 is 11.6 Å². The predicted octanol–water partition coefficient (Wildman–Crippen LogP) is 3.73. The number of rotatable bonds is 4. The van der Waals surface area contributed by atoms with Crippen LogP contribution in [0.4, 0.5) is 14.5 Å². The molecule has 0 saturated carbocycles. The van der Waals surface area contributed by atoms with Gasteiger partial charge in [0.25, 0.3) is 0 Å². The third-order valence-corrected chi connectivity index (χ3v) is 2.97. The Labute approximate surface area is 115 Å². The fourth-order valence-corrected chi connectivity index (χ4v) is 2.02. The number of nitrogens with two attached hydrogens (primary N) is 1. The number of hydrogen-bond donors (Lipinski definition) is 2. The van der Waals surface area contributed by atoms with Crippen molar-refractivity contribution >= 4 is 17.3 Å². The van der Waals surface area contributed by atoms with Crippen LogP contribution in [0.25, 0.3) is 0 Å². The summed E-state index contributed by atoms with van der Waals surface area (Å²) < 4.78 is 26.9. The van der Waals surface area contributed by atoms with Crippen molar-refractivity contribution in [1.29, 1.82) is 0 Å². The molecule has 0 amide bonds. The van der Waals surface area contributed by atoms with Crippen LogP contribution in [0.5, 0.6) is 0 Å². The van der Waals surface area contributed by atoms with E-state index in [4.69, 9.17) is 17.3 Å². The first-order chi connectivity index (χ1) is 9.10. The Morgan fingerprint density at radius 1 is 1.16 bits per heavy atom. The minimum Gasteiger partial charge on any atom is -0.377 e. The van der Waals surface area contributed by atoms with Crippen molar-refractivity contribution in [3.8, 4) is 0 Å². The summed E-state index contributed by atoms with van der Waals surface area (Å²) in [7, 11) is 0. The lowest BCUT2D eigenvalue weighted by Gasteiger charge is -2.19. The van der Waals surface area contributed by atoms with E-state index >= 15 is 0 Å². The third-order valence-electron chi connectivity index (χ3n) is 2.73. The Balaban J connectivity index is 2.27. The molecule has 2 rings (SSSR count). The lowest BCUT2D eigenvalue weighted by molar-refractivity contribution is 0.572. The Kier molecular flexibility index (Phi) is 4.35. The second kappa shape index (κ2) is 5.99. The van der Waals surface area contributed by atoms with Gasteiger partial charge in [-0.15, -0.1) is 0 Å². The molecule has 100 valence electrons. The molecule has 0 saturated heterocycles. The van der Waals surface area contributed by atoms with Crippen molar-refractivity contribution in [3.05, 3.63) is 64.7 Å². The second-order valence-corrected chi connectivity index (χ2v) is 4.55. The normalized spacial score (nSPS) is 12.2. The van der Waals surface area contributed by atoms with E-state index in [1.807, 2.05) is 0 Å². The Morgan fingerprint density at radius 3 is 2.63 bits per heavy atom. The number of halogens is 3. The van der Waals surface area contributed by atoms with E-state index in [0.29, 0.717) is 10.7 Å². The van der Waals surface area contributed by atoms with E-state index in [0.717, 1.165) is 18.2 Å². The first-order valence-corrected chi connectivity index (χ1v) is 6.15. The van der Waals surface area contributed by atoms with E-state index < -0.39 is 17.7 Å². The fourth-order valence-electron chi connectivity index (χ4n) is 1.82. The summed E-state index contributed by atoms with van der Waals surface area (Å²) in [6.07, 6.45) is 0. The Hall–Kier alpha value is -1.65. The van der Waals surface area contributed by atoms with Gasteiger partial charge in [0.2, 0.25) is 0 Å². The van der Waals surface area contributed by atoms with Gasteiger partial charge >= 0.3 is 0 Å². The Morgan fingerprint density at radius 2 is 1.95 bits per heavy atom. The van der Waals surface area contributed by atoms with Gasteiger partial charge in [0, 0.05) is 22.8 Å². The van der Waals surface area contributed by atoms with Crippen LogP contribution < -0.4 is 11.1 Å². The number of hydrogen-bond acceptors (Lipinski definition) is 2. The first kappa shape index (κ1) is 13.8. The standard InChI is InChI=1S/C14H13ClF2N2/c15-9-2-1-3-11(6-9)19-14(8-18)12-7-10(16)4-5-13(12)17/h1-7,14,19H,8,18H2. The van der Waals surface area contributed by atoms with Crippen LogP contribution in [0.1, 0.15) is 11.6 Å². The highest BCUT2D eigenvalue weighted by Gasteiger charge is 2.15. The summed E-state index contributed by atoms with van der Waals surface area (Å²) in [5, 5.41) is 3.59. The van der Waals surface area contributed by atoms with Crippen molar-refractivity contribution in [2.24, 2.45) is 5.73 Å². The monoisotopic (exact) mass is 282 g/mol. The summed E-state index contributed by atoms with van der Waals surface area (Å²) in [5.41, 5.74) is 6.52. The van der Waals surface area contributed by atoms with Gasteiger partial charge in [-0.2, -0.15) is 0 Å². The highest BCUT2D eigenvalue weighted by molar-refractivity contribution is 6.30. The van der Waals surface area contributed by atoms with Crippen LogP contribution in [0.15, 0.2) is 42.5 Å². The lowest BCUT2D eigenvalue weighted by Crippen LogP contribution is -2.21. The lowest BCUT2D eigenvalue weighted by atomic mass is 10.1. The largest absolute Gasteiger partial charge is 0.377 e. The molecule has 0 spiro atoms. The van der Waals surface area contributed by atoms with Crippen molar-refractivity contribution in [1.82, 2.24) is 0 Å². The third kappa shape index (κ3) is 3.43. The molecule has 2 aromatic carbocycles. The van der Waals surface area contributed by atoms with E-state index in [1.165, 1.54) is 0 Å². The van der Waals surface area contributed by atoms with Crippen molar-refractivity contribution < 1.29 is 8.78 Å². The fraction of sp³-hybridized carbons (Fsp3) is 0.143. The molecule has 2 nitrogen and oxygen atoms in total. The molecule has 0 aromatic heterocycles. The van der Waals surface area contributed by atoms with E-state index in [1.54, 1.807) is 24.3 Å². The number of nitrogens with one attached hydrogen (secondary N) is 1. The van der Waals surface area contributed by atoms with Gasteiger partial charge in [-0.3, -0.25) is 0 Å². The SMILES string of the molecule is NCC(Nc1cccc(Cl)c1)c1cc(F)ccc1F. The maximum Gasteiger partial charge on any atom is 0.128 e. The molecule has 19 heavy (non-hydrogen) atoms. The maximum absolute atomic E-state index is 13.7. The summed E-state index contributed by atoms with van der Waals surface area (Å²) in [5.74, 6) is -0.992. The molecule has 5 heteroatoms. The minimum absolute atomic E-state index is 0.132. The average molecular weight is 283 g/mol. The second-order valence-electron chi connectivity index (χ2n) is 4.11. The summed E-state index contributed by atoms with van der Waals surface area (Å²) in [4.78, 5) is 0. The summed E-state index contributed by atoms with van der Waals surface area (Å²) >= 11 is 5.87. The zero-order valence-electron chi connectivity index (χ0n) is 10.0. The number of benzene rings is 2. The molecule has 0 bridgehead atoms. The first-order valence-electron chi connectivity index (χ1n) is 5.77. The van der Waals surface area contributed by atoms with Crippen LogP contribution in [-0.2, 0) is 0 Å². The molecular formula is C14H13ClF2N2. The van der Waals surface area contributed by atoms with Gasteiger partial charge in [-0.05, 0) is 36.4 Å². The highest BCUT2D eigenvalue weighted by atomic mass is 35.5. The molecule has 0 aliphatic heterocycles. The highest BCUT2D eigenvalue weighted by Crippen LogP contribution is 2.23. The van der Waals surface area contributed by atoms with Gasteiger partial charge < -0.3 is 11.1 Å². The molecule has 0 heterocycles. The van der Waals surface area contributed by atoms with Gasteiger partial charge in [0.1, 0.15) is 11.6 Å². The van der Waals surface area contributed by atoms with Crippen LogP contribution in [0, 0.1) is 11.6 Å². The topological polar surface area (TPSA) is 38.0 Å². The smallest absolute Gasteiger partial charge is 0.128 e. The van der Waals surface area contributed by atoms with Gasteiger partial charge in [0.05, 0.1) is 6.04 Å². The van der Waals surface area contributed by atoms with Crippen LogP contribution in [0.2, 0.25) is 5.02 Å². The average Bonchev–Trinajstić information content (AvgIpc) is 2.39. The minimum atomic E-state index is -0.519. The molecule has 0 aliphatic carbocycles. The Bertz CT molecular complexity index is 575. The summed E-state index contributed by atoms with van der Waals surface area (Å²) in [6.45, 7) is 0.132. The van der Waals surface area contributed by atoms with Crippen molar-refractivity contribution in [3.63, 3.8) is 0 Å². The van der Waals surface area contributed by atoms with Gasteiger partial charge in [-0.25, -0.2) is 8.78 Å². The molecule has 1 unspecified atom stereocenters. The molecule has 1 atom stereocenters. The molecular weight excluding hydrogens is 270 g/mol. The molecule has 0 fully saturated rings. The van der Waals surface area contributed by atoms with E-state index in [9.17, 15) is 8.78 Å². The quantitative estimate of drug-likeness (QED) is 0.897. The van der Waals surface area contributed by atoms with Gasteiger partial charge in [-0.1, -0.05) is 17.7 Å². The van der Waals surface area contributed by atoms with E-state index in [2.05, 4.69) is 5.32 Å². The number of anilines is 1. The zero-order valence-corrected chi connectivity index (χ0v) is 10.8. The molecule has 3 N–H and O–H groups in total. The van der Waals surface area contributed by atoms with Gasteiger partial charge in [0.15, 0.2) is 0 Å². The van der Waals surface area contributed by atoms with E-state index in [-0.39, 0.29) is 12.1 Å². The maximum atomic E-state index is 13.7. The summed E-state index contributed by atoms with van der Waals surface area (Å²) in [6, 6.07) is 9.76. The van der Waals surface area contributed by atoms with Crippen molar-refractivity contribution in [2.45, 2.75) is 6.04 Å². The van der Waals surface area contributed by atoms with Crippen molar-refractivity contribution in [2.75, 3.05) is 11.9 Å². The predicted molar refractivity (Wildman–Crippen MR) is 73.2 cm³/mol. The molecule has 0 aliphatic rings. The molecule has 0 radical (unpaired) electrons. The molecule has 2 aromatic rings. The van der Waals surface area contributed by atoms with Crippen LogP contribution in [0.3, 0.4) is 0 Å². The zero-order chi connectivity index (χ0) is 13.8. The van der Waals surface area contributed by atoms with Crippen LogP contribution in [-0.4, -0.2) is 6.54 Å².